The Hall–Kier alpha value is -0.520. The summed E-state index contributed by atoms with van der Waals surface area (Å²) in [6, 6.07) is 13.5. The molecule has 1 N–H and O–H groups in total. The highest BCUT2D eigenvalue weighted by molar-refractivity contribution is 7.98. The topological polar surface area (TPSA) is 15.3 Å². The summed E-state index contributed by atoms with van der Waals surface area (Å²) in [5, 5.41) is 3.49. The van der Waals surface area contributed by atoms with E-state index in [0.717, 1.165) is 30.5 Å². The molecule has 5 heteroatoms. The van der Waals surface area contributed by atoms with Gasteiger partial charge in [-0.05, 0) is 49.1 Å². The number of halogens is 1. The monoisotopic (exact) mass is 352 g/mol. The molecule has 118 valence electrons. The van der Waals surface area contributed by atoms with Crippen LogP contribution in [0, 0.1) is 0 Å². The predicted octanol–water partition coefficient (Wildman–Crippen LogP) is 4.51. The van der Waals surface area contributed by atoms with E-state index in [9.17, 15) is 0 Å². The van der Waals surface area contributed by atoms with Crippen molar-refractivity contribution in [3.8, 4) is 0 Å². The van der Waals surface area contributed by atoms with Crippen LogP contribution in [0.2, 0.25) is 4.34 Å². The van der Waals surface area contributed by atoms with Crippen LogP contribution in [-0.4, -0.2) is 37.3 Å². The smallest absolute Gasteiger partial charge is 0.0931 e. The predicted molar refractivity (Wildman–Crippen MR) is 98.5 cm³/mol. The van der Waals surface area contributed by atoms with Gasteiger partial charge in [0, 0.05) is 29.4 Å². The zero-order chi connectivity index (χ0) is 15.4. The fourth-order valence-corrected chi connectivity index (χ4v) is 4.57. The minimum Gasteiger partial charge on any atom is -0.315 e. The molecular weight excluding hydrogens is 332 g/mol. The van der Waals surface area contributed by atoms with Gasteiger partial charge in [-0.15, -0.1) is 23.1 Å². The molecule has 2 heterocycles. The van der Waals surface area contributed by atoms with E-state index in [1.165, 1.54) is 21.8 Å². The fraction of sp³-hybridized carbons (Fsp3) is 0.412. The largest absolute Gasteiger partial charge is 0.315 e. The van der Waals surface area contributed by atoms with E-state index in [4.69, 9.17) is 11.6 Å². The van der Waals surface area contributed by atoms with Crippen LogP contribution < -0.4 is 5.32 Å². The summed E-state index contributed by atoms with van der Waals surface area (Å²) >= 11 is 9.68. The number of benzene rings is 1. The van der Waals surface area contributed by atoms with Gasteiger partial charge in [0.05, 0.1) is 10.4 Å². The van der Waals surface area contributed by atoms with Gasteiger partial charge in [-0.3, -0.25) is 4.90 Å². The molecule has 3 rings (SSSR count). The van der Waals surface area contributed by atoms with E-state index in [1.807, 2.05) is 6.07 Å². The van der Waals surface area contributed by atoms with Crippen molar-refractivity contribution in [1.29, 1.82) is 0 Å². The Labute approximate surface area is 145 Å². The molecule has 1 aliphatic heterocycles. The van der Waals surface area contributed by atoms with Gasteiger partial charge in [-0.25, -0.2) is 0 Å². The Morgan fingerprint density at radius 3 is 2.64 bits per heavy atom. The Kier molecular flexibility index (Phi) is 5.83. The van der Waals surface area contributed by atoms with Crippen molar-refractivity contribution >= 4 is 34.7 Å². The van der Waals surface area contributed by atoms with E-state index in [1.54, 1.807) is 23.1 Å². The average molecular weight is 353 g/mol. The van der Waals surface area contributed by atoms with E-state index in [0.29, 0.717) is 6.04 Å². The average Bonchev–Trinajstić information content (AvgIpc) is 2.80. The molecule has 0 amide bonds. The third-order valence-corrected chi connectivity index (χ3v) is 6.06. The fourth-order valence-electron chi connectivity index (χ4n) is 2.94. The third-order valence-electron chi connectivity index (χ3n) is 4.03. The molecule has 0 spiro atoms. The Bertz CT molecular complexity index is 589. The van der Waals surface area contributed by atoms with E-state index >= 15 is 0 Å². The van der Waals surface area contributed by atoms with Crippen LogP contribution in [0.1, 0.15) is 22.9 Å². The molecule has 0 bridgehead atoms. The van der Waals surface area contributed by atoms with Crippen LogP contribution in [0.15, 0.2) is 41.3 Å². The van der Waals surface area contributed by atoms with Crippen molar-refractivity contribution in [2.75, 3.05) is 32.4 Å². The lowest BCUT2D eigenvalue weighted by molar-refractivity contribution is 0.244. The lowest BCUT2D eigenvalue weighted by Crippen LogP contribution is -2.32. The van der Waals surface area contributed by atoms with Crippen LogP contribution in [0.25, 0.3) is 0 Å². The highest BCUT2D eigenvalue weighted by Crippen LogP contribution is 2.36. The van der Waals surface area contributed by atoms with Crippen LogP contribution in [-0.2, 0) is 0 Å². The molecule has 1 saturated heterocycles. The zero-order valence-electron chi connectivity index (χ0n) is 12.7. The van der Waals surface area contributed by atoms with Crippen LogP contribution in [0.5, 0.6) is 0 Å². The first-order chi connectivity index (χ1) is 10.8. The van der Waals surface area contributed by atoms with Crippen LogP contribution in [0.4, 0.5) is 0 Å². The molecule has 0 radical (unpaired) electrons. The number of hydrogen-bond acceptors (Lipinski definition) is 4. The quantitative estimate of drug-likeness (QED) is 0.815. The van der Waals surface area contributed by atoms with Crippen molar-refractivity contribution in [1.82, 2.24) is 10.2 Å². The molecule has 1 aromatic heterocycles. The van der Waals surface area contributed by atoms with Crippen molar-refractivity contribution in [2.45, 2.75) is 17.4 Å². The molecule has 22 heavy (non-hydrogen) atoms. The number of rotatable bonds is 4. The second-order valence-corrected chi connectivity index (χ2v) is 8.08. The van der Waals surface area contributed by atoms with E-state index in [-0.39, 0.29) is 0 Å². The summed E-state index contributed by atoms with van der Waals surface area (Å²) in [5.41, 5.74) is 1.36. The number of thioether (sulfide) groups is 1. The number of nitrogens with zero attached hydrogens (tertiary/aromatic N) is 1. The summed E-state index contributed by atoms with van der Waals surface area (Å²) in [5.74, 6) is 0. The molecule has 0 aliphatic carbocycles. The first kappa shape index (κ1) is 16.3. The minimum atomic E-state index is 0.313. The maximum Gasteiger partial charge on any atom is 0.0931 e. The van der Waals surface area contributed by atoms with Crippen LogP contribution >= 0.6 is 34.7 Å². The molecule has 1 fully saturated rings. The molecule has 2 aromatic rings. The molecule has 1 aliphatic rings. The number of nitrogens with one attached hydrogen (secondary N) is 1. The van der Waals surface area contributed by atoms with Gasteiger partial charge in [0.1, 0.15) is 0 Å². The summed E-state index contributed by atoms with van der Waals surface area (Å²) in [6.07, 6.45) is 3.31. The summed E-state index contributed by atoms with van der Waals surface area (Å²) in [7, 11) is 0. The van der Waals surface area contributed by atoms with Gasteiger partial charge in [-0.2, -0.15) is 0 Å². The van der Waals surface area contributed by atoms with Crippen molar-refractivity contribution in [3.63, 3.8) is 0 Å². The van der Waals surface area contributed by atoms with Gasteiger partial charge in [0.15, 0.2) is 0 Å². The molecule has 0 saturated carbocycles. The minimum absolute atomic E-state index is 0.313. The summed E-state index contributed by atoms with van der Waals surface area (Å²) in [6.45, 7) is 4.36. The van der Waals surface area contributed by atoms with Gasteiger partial charge < -0.3 is 5.32 Å². The third kappa shape index (κ3) is 3.87. The molecule has 1 aromatic carbocycles. The Balaban J connectivity index is 1.93. The first-order valence-electron chi connectivity index (χ1n) is 7.62. The van der Waals surface area contributed by atoms with Gasteiger partial charge in [-0.1, -0.05) is 23.7 Å². The zero-order valence-corrected chi connectivity index (χ0v) is 15.1. The SMILES string of the molecule is CSc1ccc(C(c2ccc(Cl)s2)N2CCCNCC2)cc1. The van der Waals surface area contributed by atoms with Gasteiger partial charge in [0.25, 0.3) is 0 Å². The lowest BCUT2D eigenvalue weighted by atomic mass is 10.0. The number of thiophene rings is 1. The standard InChI is InChI=1S/C17H21ClN2S2/c1-21-14-5-3-13(4-6-14)17(15-7-8-16(18)22-15)20-11-2-9-19-10-12-20/h3-8,17,19H,2,9-12H2,1H3. The van der Waals surface area contributed by atoms with E-state index in [2.05, 4.69) is 46.8 Å². The van der Waals surface area contributed by atoms with E-state index < -0.39 is 0 Å². The lowest BCUT2D eigenvalue weighted by Gasteiger charge is -2.30. The maximum absolute atomic E-state index is 6.20. The highest BCUT2D eigenvalue weighted by Gasteiger charge is 2.24. The first-order valence-corrected chi connectivity index (χ1v) is 10.0. The molecule has 1 atom stereocenters. The molecule has 1 unspecified atom stereocenters. The maximum atomic E-state index is 6.20. The normalized spacial score (nSPS) is 18.1. The van der Waals surface area contributed by atoms with Gasteiger partial charge >= 0.3 is 0 Å². The second kappa shape index (κ2) is 7.84. The van der Waals surface area contributed by atoms with Crippen molar-refractivity contribution in [2.24, 2.45) is 0 Å². The molecular formula is C17H21ClN2S2. The summed E-state index contributed by atoms with van der Waals surface area (Å²) in [4.78, 5) is 5.23. The van der Waals surface area contributed by atoms with Gasteiger partial charge in [0.2, 0.25) is 0 Å². The van der Waals surface area contributed by atoms with Crippen molar-refractivity contribution in [3.05, 3.63) is 51.2 Å². The highest BCUT2D eigenvalue weighted by atomic mass is 35.5. The summed E-state index contributed by atoms with van der Waals surface area (Å²) < 4.78 is 0.869. The van der Waals surface area contributed by atoms with Crippen molar-refractivity contribution < 1.29 is 0 Å². The second-order valence-electron chi connectivity index (χ2n) is 5.46. The number of hydrogen-bond donors (Lipinski definition) is 1. The Morgan fingerprint density at radius 2 is 1.95 bits per heavy atom. The Morgan fingerprint density at radius 1 is 1.14 bits per heavy atom. The van der Waals surface area contributed by atoms with Crippen LogP contribution in [0.3, 0.4) is 0 Å². The molecule has 2 nitrogen and oxygen atoms in total.